The molecule has 0 atom stereocenters. The van der Waals surface area contributed by atoms with Crippen molar-refractivity contribution < 1.29 is 8.42 Å². The summed E-state index contributed by atoms with van der Waals surface area (Å²) in [6.45, 7) is 3.06. The number of hydrogen-bond donors (Lipinski definition) is 2. The number of nitriles is 1. The Morgan fingerprint density at radius 3 is 2.63 bits per heavy atom. The highest BCUT2D eigenvalue weighted by atomic mass is 32.2. The number of H-pyrrole nitrogens is 1. The Kier molecular flexibility index (Phi) is 3.62. The fourth-order valence-corrected chi connectivity index (χ4v) is 3.43. The van der Waals surface area contributed by atoms with E-state index in [2.05, 4.69) is 25.7 Å². The largest absolute Gasteiger partial charge is 0.332 e. The Hall–Kier alpha value is -1.43. The van der Waals surface area contributed by atoms with Crippen LogP contribution >= 0.6 is 0 Å². The van der Waals surface area contributed by atoms with Gasteiger partial charge >= 0.3 is 0 Å². The smallest absolute Gasteiger partial charge is 0.259 e. The van der Waals surface area contributed by atoms with E-state index < -0.39 is 15.6 Å². The van der Waals surface area contributed by atoms with Gasteiger partial charge in [0.25, 0.3) is 10.0 Å². The highest BCUT2D eigenvalue weighted by Crippen LogP contribution is 2.23. The van der Waals surface area contributed by atoms with Crippen molar-refractivity contribution >= 4 is 10.0 Å². The zero-order chi connectivity index (χ0) is 14.1. The van der Waals surface area contributed by atoms with E-state index in [9.17, 15) is 13.7 Å². The van der Waals surface area contributed by atoms with Crippen LogP contribution in [0.15, 0.2) is 11.2 Å². The molecule has 1 saturated heterocycles. The van der Waals surface area contributed by atoms with Gasteiger partial charge < -0.3 is 9.88 Å². The predicted octanol–water partition coefficient (Wildman–Crippen LogP) is -0.0156. The average molecular weight is 283 g/mol. The molecule has 19 heavy (non-hydrogen) atoms. The number of nitrogens with zero attached hydrogens (tertiary/aromatic N) is 3. The minimum atomic E-state index is -3.74. The molecule has 7 nitrogen and oxygen atoms in total. The predicted molar refractivity (Wildman–Crippen MR) is 68.7 cm³/mol. The van der Waals surface area contributed by atoms with Crippen LogP contribution in [0.2, 0.25) is 0 Å². The van der Waals surface area contributed by atoms with Crippen molar-refractivity contribution in [2.24, 2.45) is 0 Å². The van der Waals surface area contributed by atoms with Crippen molar-refractivity contribution in [2.45, 2.75) is 30.3 Å². The van der Waals surface area contributed by atoms with Gasteiger partial charge in [0.15, 0.2) is 5.03 Å². The maximum atomic E-state index is 12.2. The third-order valence-corrected chi connectivity index (χ3v) is 4.80. The number of hydrogen-bond acceptors (Lipinski definition) is 5. The normalized spacial score (nSPS) is 20.1. The van der Waals surface area contributed by atoms with Gasteiger partial charge in [-0.3, -0.25) is 0 Å². The van der Waals surface area contributed by atoms with Gasteiger partial charge in [0.2, 0.25) is 0 Å². The monoisotopic (exact) mass is 283 g/mol. The lowest BCUT2D eigenvalue weighted by atomic mass is 9.91. The third-order valence-electron chi connectivity index (χ3n) is 3.35. The Bertz CT molecular complexity index is 593. The summed E-state index contributed by atoms with van der Waals surface area (Å²) in [7, 11) is -1.78. The summed E-state index contributed by atoms with van der Waals surface area (Å²) in [5.74, 6) is 0.523. The first-order valence-corrected chi connectivity index (χ1v) is 7.51. The first-order valence-electron chi connectivity index (χ1n) is 6.02. The highest BCUT2D eigenvalue weighted by molar-refractivity contribution is 7.89. The Balaban J connectivity index is 2.21. The second kappa shape index (κ2) is 4.92. The van der Waals surface area contributed by atoms with Crippen molar-refractivity contribution in [3.05, 3.63) is 12.0 Å². The molecule has 2 heterocycles. The molecule has 0 spiro atoms. The minimum absolute atomic E-state index is 0.00134. The fraction of sp³-hybridized carbons (Fsp3) is 0.636. The lowest BCUT2D eigenvalue weighted by Gasteiger charge is -2.35. The number of imidazole rings is 1. The standard InChI is InChI=1S/C11H17N5O2S/c1-9-13-7-10(14-9)19(17,18)15-11(8-12)3-5-16(2)6-4-11/h7,15H,3-6H2,1-2H3,(H,13,14). The van der Waals surface area contributed by atoms with E-state index in [1.807, 2.05) is 7.05 Å². The zero-order valence-electron chi connectivity index (χ0n) is 11.0. The maximum absolute atomic E-state index is 12.2. The molecule has 1 aromatic heterocycles. The molecule has 0 amide bonds. The topological polar surface area (TPSA) is 102 Å². The molecule has 104 valence electrons. The number of sulfonamides is 1. The van der Waals surface area contributed by atoms with Crippen LogP contribution < -0.4 is 4.72 Å². The van der Waals surface area contributed by atoms with E-state index in [1.54, 1.807) is 6.92 Å². The highest BCUT2D eigenvalue weighted by Gasteiger charge is 2.38. The van der Waals surface area contributed by atoms with E-state index in [1.165, 1.54) is 6.20 Å². The van der Waals surface area contributed by atoms with Gasteiger partial charge in [-0.2, -0.15) is 9.98 Å². The van der Waals surface area contributed by atoms with Crippen LogP contribution in [0.25, 0.3) is 0 Å². The Morgan fingerprint density at radius 1 is 1.53 bits per heavy atom. The number of likely N-dealkylation sites (tertiary alicyclic amines) is 1. The summed E-state index contributed by atoms with van der Waals surface area (Å²) in [4.78, 5) is 8.62. The molecule has 0 saturated carbocycles. The van der Waals surface area contributed by atoms with Crippen molar-refractivity contribution in [3.63, 3.8) is 0 Å². The summed E-state index contributed by atoms with van der Waals surface area (Å²) in [5.41, 5.74) is -1.02. The van der Waals surface area contributed by atoms with Gasteiger partial charge in [0, 0.05) is 13.1 Å². The number of aryl methyl sites for hydroxylation is 1. The van der Waals surface area contributed by atoms with Gasteiger partial charge in [0.1, 0.15) is 11.4 Å². The van der Waals surface area contributed by atoms with Crippen molar-refractivity contribution in [2.75, 3.05) is 20.1 Å². The van der Waals surface area contributed by atoms with Gasteiger partial charge in [-0.1, -0.05) is 0 Å². The van der Waals surface area contributed by atoms with Crippen LogP contribution in [0.4, 0.5) is 0 Å². The second-order valence-electron chi connectivity index (χ2n) is 4.94. The van der Waals surface area contributed by atoms with Crippen LogP contribution in [0.1, 0.15) is 18.7 Å². The van der Waals surface area contributed by atoms with E-state index in [-0.39, 0.29) is 5.03 Å². The molecule has 2 rings (SSSR count). The number of nitrogens with one attached hydrogen (secondary N) is 2. The molecule has 1 aliphatic heterocycles. The molecular weight excluding hydrogens is 266 g/mol. The molecule has 0 radical (unpaired) electrons. The van der Waals surface area contributed by atoms with Crippen molar-refractivity contribution in [1.82, 2.24) is 19.6 Å². The molecule has 0 aromatic carbocycles. The summed E-state index contributed by atoms with van der Waals surface area (Å²) >= 11 is 0. The van der Waals surface area contributed by atoms with Gasteiger partial charge in [-0.25, -0.2) is 13.4 Å². The second-order valence-corrected chi connectivity index (χ2v) is 6.59. The van der Waals surface area contributed by atoms with Gasteiger partial charge in [0.05, 0.1) is 12.3 Å². The number of piperidine rings is 1. The lowest BCUT2D eigenvalue weighted by molar-refractivity contribution is 0.213. The Labute approximate surface area is 112 Å². The first-order chi connectivity index (χ1) is 8.87. The minimum Gasteiger partial charge on any atom is -0.332 e. The Morgan fingerprint density at radius 2 is 2.16 bits per heavy atom. The molecule has 1 fully saturated rings. The van der Waals surface area contributed by atoms with Crippen LogP contribution in [-0.4, -0.2) is 49.0 Å². The quantitative estimate of drug-likeness (QED) is 0.812. The number of aromatic nitrogens is 2. The molecule has 0 unspecified atom stereocenters. The van der Waals surface area contributed by atoms with Crippen LogP contribution in [0.5, 0.6) is 0 Å². The van der Waals surface area contributed by atoms with E-state index in [4.69, 9.17) is 0 Å². The van der Waals surface area contributed by atoms with Crippen LogP contribution in [-0.2, 0) is 10.0 Å². The lowest BCUT2D eigenvalue weighted by Crippen LogP contribution is -2.53. The summed E-state index contributed by atoms with van der Waals surface area (Å²) < 4.78 is 26.9. The van der Waals surface area contributed by atoms with Crippen molar-refractivity contribution in [3.8, 4) is 6.07 Å². The average Bonchev–Trinajstić information content (AvgIpc) is 2.80. The van der Waals surface area contributed by atoms with Gasteiger partial charge in [-0.15, -0.1) is 0 Å². The SMILES string of the molecule is Cc1ncc(S(=O)(=O)NC2(C#N)CCN(C)CC2)[nH]1. The number of aromatic amines is 1. The maximum Gasteiger partial charge on any atom is 0.259 e. The zero-order valence-corrected chi connectivity index (χ0v) is 11.8. The van der Waals surface area contributed by atoms with E-state index >= 15 is 0 Å². The molecule has 2 N–H and O–H groups in total. The van der Waals surface area contributed by atoms with Crippen LogP contribution in [0.3, 0.4) is 0 Å². The summed E-state index contributed by atoms with van der Waals surface area (Å²) in [5, 5.41) is 9.32. The first kappa shape index (κ1) is 14.0. The summed E-state index contributed by atoms with van der Waals surface area (Å²) in [6, 6.07) is 2.12. The molecular formula is C11H17N5O2S. The molecule has 8 heteroatoms. The van der Waals surface area contributed by atoms with E-state index in [0.29, 0.717) is 31.8 Å². The van der Waals surface area contributed by atoms with Gasteiger partial charge in [-0.05, 0) is 26.8 Å². The van der Waals surface area contributed by atoms with Crippen molar-refractivity contribution in [1.29, 1.82) is 5.26 Å². The molecule has 0 aliphatic carbocycles. The molecule has 0 bridgehead atoms. The summed E-state index contributed by atoms with van der Waals surface area (Å²) in [6.07, 6.45) is 2.22. The number of rotatable bonds is 3. The fourth-order valence-electron chi connectivity index (χ4n) is 2.08. The molecule has 1 aliphatic rings. The van der Waals surface area contributed by atoms with E-state index in [0.717, 1.165) is 0 Å². The third kappa shape index (κ3) is 2.94. The van der Waals surface area contributed by atoms with Crippen LogP contribution in [0, 0.1) is 18.3 Å². The molecule has 1 aromatic rings.